The Balaban J connectivity index is 1.61. The highest BCUT2D eigenvalue weighted by molar-refractivity contribution is 7.87. The summed E-state index contributed by atoms with van der Waals surface area (Å²) in [7, 11) is -6.87. The summed E-state index contributed by atoms with van der Waals surface area (Å²) in [6.07, 6.45) is 4.70. The summed E-state index contributed by atoms with van der Waals surface area (Å²) < 4.78 is 56.2. The van der Waals surface area contributed by atoms with Gasteiger partial charge in [0.25, 0.3) is 20.4 Å². The molecule has 0 aromatic carbocycles. The molecule has 0 aromatic heterocycles. The van der Waals surface area contributed by atoms with Crippen LogP contribution in [0.3, 0.4) is 0 Å². The normalized spacial score (nSPS) is 27.5. The standard InChI is InChI=1S/C13H26N4O4S2/c18-22(19,14-6-2-1-3-7-14)16-10-12-17(13-11-16)23(20,21)15-8-4-5-9-15/h1-13H2. The van der Waals surface area contributed by atoms with E-state index in [1.807, 2.05) is 0 Å². The first-order chi connectivity index (χ1) is 10.9. The first-order valence-corrected chi connectivity index (χ1v) is 11.2. The highest BCUT2D eigenvalue weighted by Gasteiger charge is 2.38. The van der Waals surface area contributed by atoms with Crippen LogP contribution in [0.5, 0.6) is 0 Å². The van der Waals surface area contributed by atoms with E-state index in [9.17, 15) is 16.8 Å². The number of hydrogen-bond donors (Lipinski definition) is 0. The molecule has 0 atom stereocenters. The first kappa shape index (κ1) is 17.6. The van der Waals surface area contributed by atoms with Crippen molar-refractivity contribution >= 4 is 20.4 Å². The van der Waals surface area contributed by atoms with E-state index in [4.69, 9.17) is 0 Å². The zero-order valence-corrected chi connectivity index (χ0v) is 15.1. The average Bonchev–Trinajstić information content (AvgIpc) is 3.11. The Morgan fingerprint density at radius 1 is 0.391 bits per heavy atom. The SMILES string of the molecule is O=S(=O)(N1CCCCC1)N1CCN(S(=O)(=O)N2CCCC2)CC1. The number of piperidine rings is 1. The van der Waals surface area contributed by atoms with Crippen molar-refractivity contribution in [1.29, 1.82) is 0 Å². The third-order valence-electron chi connectivity index (χ3n) is 4.88. The van der Waals surface area contributed by atoms with Crippen LogP contribution in [-0.2, 0) is 20.4 Å². The monoisotopic (exact) mass is 366 g/mol. The molecule has 3 aliphatic heterocycles. The van der Waals surface area contributed by atoms with Crippen molar-refractivity contribution in [2.24, 2.45) is 0 Å². The predicted molar refractivity (Wildman–Crippen MR) is 87.2 cm³/mol. The topological polar surface area (TPSA) is 81.2 Å². The van der Waals surface area contributed by atoms with Gasteiger partial charge in [-0.3, -0.25) is 0 Å². The van der Waals surface area contributed by atoms with E-state index >= 15 is 0 Å². The van der Waals surface area contributed by atoms with Crippen LogP contribution in [0, 0.1) is 0 Å². The second kappa shape index (κ2) is 6.93. The minimum Gasteiger partial charge on any atom is -0.195 e. The van der Waals surface area contributed by atoms with Crippen molar-refractivity contribution in [3.05, 3.63) is 0 Å². The van der Waals surface area contributed by atoms with Gasteiger partial charge < -0.3 is 0 Å². The third kappa shape index (κ3) is 3.57. The van der Waals surface area contributed by atoms with Crippen LogP contribution in [-0.4, -0.2) is 86.4 Å². The number of nitrogens with zero attached hydrogens (tertiary/aromatic N) is 4. The molecule has 10 heteroatoms. The summed E-state index contributed by atoms with van der Waals surface area (Å²) >= 11 is 0. The van der Waals surface area contributed by atoms with Crippen molar-refractivity contribution < 1.29 is 16.8 Å². The Morgan fingerprint density at radius 2 is 0.652 bits per heavy atom. The summed E-state index contributed by atoms with van der Waals surface area (Å²) in [5.74, 6) is 0. The van der Waals surface area contributed by atoms with Gasteiger partial charge >= 0.3 is 0 Å². The van der Waals surface area contributed by atoms with Crippen molar-refractivity contribution in [2.45, 2.75) is 32.1 Å². The maximum atomic E-state index is 12.6. The summed E-state index contributed by atoms with van der Waals surface area (Å²) in [5.41, 5.74) is 0. The highest BCUT2D eigenvalue weighted by Crippen LogP contribution is 2.21. The summed E-state index contributed by atoms with van der Waals surface area (Å²) in [6.45, 7) is 3.28. The smallest absolute Gasteiger partial charge is 0.195 e. The third-order valence-corrected chi connectivity index (χ3v) is 8.95. The summed E-state index contributed by atoms with van der Waals surface area (Å²) in [6, 6.07) is 0. The van der Waals surface area contributed by atoms with Gasteiger partial charge in [-0.05, 0) is 25.7 Å². The Bertz CT molecular complexity index is 602. The maximum absolute atomic E-state index is 12.6. The van der Waals surface area contributed by atoms with E-state index in [0.717, 1.165) is 32.1 Å². The van der Waals surface area contributed by atoms with Gasteiger partial charge in [-0.1, -0.05) is 6.42 Å². The van der Waals surface area contributed by atoms with Crippen LogP contribution in [0.2, 0.25) is 0 Å². The lowest BCUT2D eigenvalue weighted by Crippen LogP contribution is -2.56. The van der Waals surface area contributed by atoms with Crippen molar-refractivity contribution in [3.63, 3.8) is 0 Å². The van der Waals surface area contributed by atoms with E-state index in [2.05, 4.69) is 0 Å². The Labute approximate surface area is 139 Å². The van der Waals surface area contributed by atoms with Gasteiger partial charge in [0.1, 0.15) is 0 Å². The van der Waals surface area contributed by atoms with Crippen molar-refractivity contribution in [3.8, 4) is 0 Å². The molecule has 0 radical (unpaired) electrons. The Morgan fingerprint density at radius 3 is 1.00 bits per heavy atom. The fourth-order valence-corrected chi connectivity index (χ4v) is 6.81. The Hall–Kier alpha value is -0.260. The van der Waals surface area contributed by atoms with Crippen molar-refractivity contribution in [2.75, 3.05) is 52.4 Å². The molecular weight excluding hydrogens is 340 g/mol. The van der Waals surface area contributed by atoms with Gasteiger partial charge in [0, 0.05) is 52.4 Å². The highest BCUT2D eigenvalue weighted by atomic mass is 32.2. The lowest BCUT2D eigenvalue weighted by molar-refractivity contribution is 0.237. The van der Waals surface area contributed by atoms with Crippen LogP contribution in [0.15, 0.2) is 0 Å². The quantitative estimate of drug-likeness (QED) is 0.683. The van der Waals surface area contributed by atoms with E-state index < -0.39 is 20.4 Å². The molecule has 3 fully saturated rings. The molecule has 0 N–H and O–H groups in total. The average molecular weight is 367 g/mol. The fraction of sp³-hybridized carbons (Fsp3) is 1.00. The van der Waals surface area contributed by atoms with E-state index in [1.54, 1.807) is 4.31 Å². The van der Waals surface area contributed by atoms with Crippen LogP contribution < -0.4 is 0 Å². The van der Waals surface area contributed by atoms with Gasteiger partial charge in [-0.25, -0.2) is 0 Å². The van der Waals surface area contributed by atoms with Crippen LogP contribution in [0.4, 0.5) is 0 Å². The first-order valence-electron chi connectivity index (χ1n) is 8.43. The lowest BCUT2D eigenvalue weighted by atomic mass is 10.2. The van der Waals surface area contributed by atoms with E-state index in [0.29, 0.717) is 26.2 Å². The molecule has 0 saturated carbocycles. The molecule has 0 bridgehead atoms. The van der Waals surface area contributed by atoms with Gasteiger partial charge in [-0.15, -0.1) is 0 Å². The van der Waals surface area contributed by atoms with Gasteiger partial charge in [0.15, 0.2) is 0 Å². The van der Waals surface area contributed by atoms with E-state index in [1.165, 1.54) is 12.9 Å². The molecule has 3 rings (SSSR count). The largest absolute Gasteiger partial charge is 0.282 e. The minimum absolute atomic E-state index is 0.242. The molecule has 0 aromatic rings. The zero-order chi connectivity index (χ0) is 16.5. The lowest BCUT2D eigenvalue weighted by Gasteiger charge is -2.38. The molecule has 3 aliphatic rings. The zero-order valence-electron chi connectivity index (χ0n) is 13.4. The molecule has 0 unspecified atom stereocenters. The molecule has 8 nitrogen and oxygen atoms in total. The minimum atomic E-state index is -3.44. The molecule has 0 aliphatic carbocycles. The van der Waals surface area contributed by atoms with E-state index in [-0.39, 0.29) is 26.2 Å². The number of piperazine rings is 1. The molecule has 3 saturated heterocycles. The van der Waals surface area contributed by atoms with Crippen molar-refractivity contribution in [1.82, 2.24) is 17.2 Å². The summed E-state index contributed by atoms with van der Waals surface area (Å²) in [5, 5.41) is 0. The molecular formula is C13H26N4O4S2. The second-order valence-electron chi connectivity index (χ2n) is 6.38. The fourth-order valence-electron chi connectivity index (χ4n) is 3.47. The molecule has 0 amide bonds. The van der Waals surface area contributed by atoms with Crippen LogP contribution in [0.1, 0.15) is 32.1 Å². The van der Waals surface area contributed by atoms with Gasteiger partial charge in [0.05, 0.1) is 0 Å². The predicted octanol–water partition coefficient (Wildman–Crippen LogP) is -0.325. The van der Waals surface area contributed by atoms with Crippen LogP contribution in [0.25, 0.3) is 0 Å². The van der Waals surface area contributed by atoms with Gasteiger partial charge in [0.2, 0.25) is 0 Å². The maximum Gasteiger partial charge on any atom is 0.282 e. The van der Waals surface area contributed by atoms with Crippen LogP contribution >= 0.6 is 0 Å². The second-order valence-corrected chi connectivity index (χ2v) is 10.2. The van der Waals surface area contributed by atoms with Gasteiger partial charge in [-0.2, -0.15) is 34.1 Å². The molecule has 134 valence electrons. The Kier molecular flexibility index (Phi) is 5.29. The number of hydrogen-bond acceptors (Lipinski definition) is 4. The molecule has 3 heterocycles. The molecule has 23 heavy (non-hydrogen) atoms. The molecule has 0 spiro atoms. The summed E-state index contributed by atoms with van der Waals surface area (Å²) in [4.78, 5) is 0. The number of rotatable bonds is 4.